The van der Waals surface area contributed by atoms with Gasteiger partial charge in [0.05, 0.1) is 24.8 Å². The summed E-state index contributed by atoms with van der Waals surface area (Å²) in [6, 6.07) is 12.8. The van der Waals surface area contributed by atoms with Crippen molar-refractivity contribution >= 4 is 5.96 Å². The van der Waals surface area contributed by atoms with Crippen molar-refractivity contribution in [2.75, 3.05) is 26.7 Å². The van der Waals surface area contributed by atoms with Gasteiger partial charge in [0, 0.05) is 25.7 Å². The van der Waals surface area contributed by atoms with E-state index >= 15 is 0 Å². The second kappa shape index (κ2) is 8.85. The molecular formula is C22H25FN4O. The summed E-state index contributed by atoms with van der Waals surface area (Å²) in [5, 5.41) is 12.2. The van der Waals surface area contributed by atoms with Gasteiger partial charge >= 0.3 is 0 Å². The Kier molecular flexibility index (Phi) is 6.27. The van der Waals surface area contributed by atoms with Gasteiger partial charge in [0.15, 0.2) is 5.96 Å². The Balaban J connectivity index is 1.70. The molecule has 0 spiro atoms. The molecule has 2 aromatic carbocycles. The maximum atomic E-state index is 14.0. The standard InChI is InChI=1S/C22H25FN4O/c1-15-4-6-19(16(2)10-15)21-14-27(8-9-28-21)22(25-3)26-13-18-11-17(12-24)5-7-20(18)23/h4-7,10-11,21H,8-9,13-14H2,1-3H3,(H,25,26). The van der Waals surface area contributed by atoms with Crippen LogP contribution >= 0.6 is 0 Å². The van der Waals surface area contributed by atoms with Gasteiger partial charge in [0.25, 0.3) is 0 Å². The summed E-state index contributed by atoms with van der Waals surface area (Å²) < 4.78 is 20.0. The molecule has 0 amide bonds. The number of nitrogens with one attached hydrogen (secondary N) is 1. The highest BCUT2D eigenvalue weighted by molar-refractivity contribution is 5.80. The predicted molar refractivity (Wildman–Crippen MR) is 107 cm³/mol. The number of nitrogens with zero attached hydrogens (tertiary/aromatic N) is 3. The van der Waals surface area contributed by atoms with Gasteiger partial charge < -0.3 is 15.0 Å². The normalized spacial score (nSPS) is 17.3. The monoisotopic (exact) mass is 380 g/mol. The molecule has 0 bridgehead atoms. The number of morpholine rings is 1. The number of benzene rings is 2. The minimum absolute atomic E-state index is 0.0356. The zero-order valence-corrected chi connectivity index (χ0v) is 16.5. The van der Waals surface area contributed by atoms with E-state index in [9.17, 15) is 4.39 Å². The molecule has 0 saturated carbocycles. The number of aryl methyl sites for hydroxylation is 2. The average molecular weight is 380 g/mol. The van der Waals surface area contributed by atoms with E-state index in [0.717, 1.165) is 0 Å². The maximum Gasteiger partial charge on any atom is 0.194 e. The first-order valence-electron chi connectivity index (χ1n) is 9.34. The third-order valence-electron chi connectivity index (χ3n) is 4.96. The highest BCUT2D eigenvalue weighted by atomic mass is 19.1. The van der Waals surface area contributed by atoms with Gasteiger partial charge in [-0.05, 0) is 43.2 Å². The molecule has 1 aliphatic heterocycles. The lowest BCUT2D eigenvalue weighted by molar-refractivity contribution is -0.00834. The Bertz CT molecular complexity index is 919. The molecule has 1 aliphatic rings. The maximum absolute atomic E-state index is 14.0. The first-order valence-corrected chi connectivity index (χ1v) is 9.34. The zero-order valence-electron chi connectivity index (χ0n) is 16.5. The smallest absolute Gasteiger partial charge is 0.194 e. The third kappa shape index (κ3) is 4.49. The summed E-state index contributed by atoms with van der Waals surface area (Å²) in [7, 11) is 1.71. The van der Waals surface area contributed by atoms with Crippen LogP contribution in [-0.4, -0.2) is 37.6 Å². The molecule has 5 nitrogen and oxygen atoms in total. The number of hydrogen-bond acceptors (Lipinski definition) is 3. The van der Waals surface area contributed by atoms with E-state index in [-0.39, 0.29) is 18.5 Å². The highest BCUT2D eigenvalue weighted by Crippen LogP contribution is 2.26. The van der Waals surface area contributed by atoms with E-state index in [1.165, 1.54) is 28.8 Å². The molecule has 1 atom stereocenters. The Hall–Kier alpha value is -2.91. The number of hydrogen-bond donors (Lipinski definition) is 1. The molecule has 1 fully saturated rings. The molecule has 1 unspecified atom stereocenters. The largest absolute Gasteiger partial charge is 0.370 e. The topological polar surface area (TPSA) is 60.7 Å². The predicted octanol–water partition coefficient (Wildman–Crippen LogP) is 3.46. The molecule has 1 heterocycles. The van der Waals surface area contributed by atoms with E-state index in [1.54, 1.807) is 13.1 Å². The molecule has 1 saturated heterocycles. The summed E-state index contributed by atoms with van der Waals surface area (Å²) in [5.41, 5.74) is 4.51. The first kappa shape index (κ1) is 19.8. The van der Waals surface area contributed by atoms with Crippen LogP contribution in [0.3, 0.4) is 0 Å². The fraction of sp³-hybridized carbons (Fsp3) is 0.364. The summed E-state index contributed by atoms with van der Waals surface area (Å²) in [6.07, 6.45) is -0.0356. The lowest BCUT2D eigenvalue weighted by Crippen LogP contribution is -2.48. The van der Waals surface area contributed by atoms with Crippen LogP contribution in [-0.2, 0) is 11.3 Å². The number of nitriles is 1. The molecule has 3 rings (SSSR count). The van der Waals surface area contributed by atoms with E-state index < -0.39 is 0 Å². The molecule has 2 aromatic rings. The van der Waals surface area contributed by atoms with E-state index in [0.29, 0.717) is 36.8 Å². The van der Waals surface area contributed by atoms with Gasteiger partial charge in [0.2, 0.25) is 0 Å². The van der Waals surface area contributed by atoms with Gasteiger partial charge in [-0.25, -0.2) is 4.39 Å². The van der Waals surface area contributed by atoms with Gasteiger partial charge in [-0.3, -0.25) is 4.99 Å². The Labute approximate surface area is 165 Å². The lowest BCUT2D eigenvalue weighted by atomic mass is 10.00. The van der Waals surface area contributed by atoms with Crippen LogP contribution in [0.25, 0.3) is 0 Å². The molecule has 28 heavy (non-hydrogen) atoms. The molecule has 0 radical (unpaired) electrons. The summed E-state index contributed by atoms with van der Waals surface area (Å²) in [4.78, 5) is 6.48. The van der Waals surface area contributed by atoms with Crippen molar-refractivity contribution in [1.29, 1.82) is 5.26 Å². The molecule has 6 heteroatoms. The van der Waals surface area contributed by atoms with E-state index in [2.05, 4.69) is 47.3 Å². The number of guanidine groups is 1. The van der Waals surface area contributed by atoms with Gasteiger partial charge in [-0.1, -0.05) is 23.8 Å². The second-order valence-electron chi connectivity index (χ2n) is 6.98. The Morgan fingerprint density at radius 3 is 2.86 bits per heavy atom. The number of halogens is 1. The van der Waals surface area contributed by atoms with Crippen molar-refractivity contribution in [3.8, 4) is 6.07 Å². The van der Waals surface area contributed by atoms with Crippen LogP contribution < -0.4 is 5.32 Å². The molecule has 146 valence electrons. The van der Waals surface area contributed by atoms with Crippen molar-refractivity contribution in [3.63, 3.8) is 0 Å². The van der Waals surface area contributed by atoms with Gasteiger partial charge in [-0.2, -0.15) is 5.26 Å². The van der Waals surface area contributed by atoms with Crippen LogP contribution in [0, 0.1) is 31.0 Å². The number of aliphatic imine (C=N–C) groups is 1. The fourth-order valence-electron chi connectivity index (χ4n) is 3.50. The minimum Gasteiger partial charge on any atom is -0.370 e. The molecule has 0 aliphatic carbocycles. The molecule has 0 aromatic heterocycles. The zero-order chi connectivity index (χ0) is 20.1. The van der Waals surface area contributed by atoms with E-state index in [1.807, 2.05) is 6.07 Å². The van der Waals surface area contributed by atoms with E-state index in [4.69, 9.17) is 10.00 Å². The minimum atomic E-state index is -0.336. The molecule has 1 N–H and O–H groups in total. The fourth-order valence-corrected chi connectivity index (χ4v) is 3.50. The highest BCUT2D eigenvalue weighted by Gasteiger charge is 2.25. The van der Waals surface area contributed by atoms with Crippen molar-refractivity contribution in [2.24, 2.45) is 4.99 Å². The van der Waals surface area contributed by atoms with Crippen LogP contribution in [0.15, 0.2) is 41.4 Å². The van der Waals surface area contributed by atoms with Gasteiger partial charge in [-0.15, -0.1) is 0 Å². The van der Waals surface area contributed by atoms with Crippen molar-refractivity contribution < 1.29 is 9.13 Å². The third-order valence-corrected chi connectivity index (χ3v) is 4.96. The lowest BCUT2D eigenvalue weighted by Gasteiger charge is -2.36. The van der Waals surface area contributed by atoms with Crippen LogP contribution in [0.2, 0.25) is 0 Å². The van der Waals surface area contributed by atoms with Crippen molar-refractivity contribution in [2.45, 2.75) is 26.5 Å². The Morgan fingerprint density at radius 2 is 2.14 bits per heavy atom. The quantitative estimate of drug-likeness (QED) is 0.654. The summed E-state index contributed by atoms with van der Waals surface area (Å²) >= 11 is 0. The summed E-state index contributed by atoms with van der Waals surface area (Å²) in [6.45, 7) is 6.42. The van der Waals surface area contributed by atoms with Crippen LogP contribution in [0.4, 0.5) is 4.39 Å². The SMILES string of the molecule is CN=C(NCc1cc(C#N)ccc1F)N1CCOC(c2ccc(C)cc2C)C1. The number of rotatable bonds is 3. The van der Waals surface area contributed by atoms with Gasteiger partial charge in [0.1, 0.15) is 11.9 Å². The van der Waals surface area contributed by atoms with Crippen LogP contribution in [0.1, 0.15) is 33.9 Å². The first-order chi connectivity index (χ1) is 13.5. The molecular weight excluding hydrogens is 355 g/mol. The number of ether oxygens (including phenoxy) is 1. The van der Waals surface area contributed by atoms with Crippen molar-refractivity contribution in [1.82, 2.24) is 10.2 Å². The van der Waals surface area contributed by atoms with Crippen molar-refractivity contribution in [3.05, 3.63) is 70.0 Å². The van der Waals surface area contributed by atoms with Crippen LogP contribution in [0.5, 0.6) is 0 Å². The second-order valence-corrected chi connectivity index (χ2v) is 6.98. The summed E-state index contributed by atoms with van der Waals surface area (Å²) in [5.74, 6) is 0.358. The Morgan fingerprint density at radius 1 is 1.32 bits per heavy atom. The average Bonchev–Trinajstić information content (AvgIpc) is 2.70.